The zero-order valence-corrected chi connectivity index (χ0v) is 13.5. The maximum atomic E-state index is 8.25. The molecule has 0 radical (unpaired) electrons. The van der Waals surface area contributed by atoms with Crippen molar-refractivity contribution in [3.63, 3.8) is 0 Å². The second-order valence-corrected chi connectivity index (χ2v) is 0.447. The molecule has 0 aliphatic carbocycles. The Kier molecular flexibility index (Phi) is 425. The summed E-state index contributed by atoms with van der Waals surface area (Å²) in [6, 6.07) is 0. The monoisotopic (exact) mass is 452 g/mol. The van der Waals surface area contributed by atoms with Crippen LogP contribution >= 0.6 is 0 Å². The van der Waals surface area contributed by atoms with E-state index in [4.69, 9.17) is 30.6 Å². The van der Waals surface area contributed by atoms with Gasteiger partial charge < -0.3 is 64.5 Å². The van der Waals surface area contributed by atoms with Gasteiger partial charge in [0.15, 0.2) is 0 Å². The van der Waals surface area contributed by atoms with E-state index in [2.05, 4.69) is 27.7 Å². The number of hydrogen-bond acceptors (Lipinski definition) is 7. The zero-order chi connectivity index (χ0) is 15.2. The topological polar surface area (TPSA) is 167 Å². The third kappa shape index (κ3) is 3280. The molecule has 0 rings (SSSR count). The van der Waals surface area contributed by atoms with Crippen LogP contribution in [0.5, 0.6) is 0 Å². The minimum Gasteiger partial charge on any atom is -0.356 e. The molecule has 0 fully saturated rings. The van der Waals surface area contributed by atoms with Gasteiger partial charge in [0.2, 0.25) is 0 Å². The number of rotatable bonds is 0. The van der Waals surface area contributed by atoms with E-state index in [-0.39, 0.29) is 27.2 Å². The molecule has 0 atom stereocenters. The smallest absolute Gasteiger partial charge is 0.356 e. The Labute approximate surface area is 124 Å². The fourth-order valence-electron chi connectivity index (χ4n) is 0. The number of hydrogen-bond donors (Lipinski definition) is 1. The summed E-state index contributed by atoms with van der Waals surface area (Å²) in [6.07, 6.45) is 0. The van der Waals surface area contributed by atoms with E-state index >= 15 is 0 Å². The van der Waals surface area contributed by atoms with Gasteiger partial charge in [-0.1, -0.05) is 0 Å². The van der Waals surface area contributed by atoms with Crippen LogP contribution in [0.4, 0.5) is 0 Å². The van der Waals surface area contributed by atoms with E-state index in [1.807, 2.05) is 0 Å². The van der Waals surface area contributed by atoms with Gasteiger partial charge in [0.05, 0.1) is 10.2 Å². The van der Waals surface area contributed by atoms with Crippen molar-refractivity contribution in [1.82, 2.24) is 6.15 Å². The second-order valence-electron chi connectivity index (χ2n) is 0.447. The third-order valence-corrected chi connectivity index (χ3v) is 0. The van der Waals surface area contributed by atoms with E-state index in [1.165, 1.54) is 0 Å². The Morgan fingerprint density at radius 3 is 0.611 bits per heavy atom. The van der Waals surface area contributed by atoms with E-state index < -0.39 is 10.2 Å². The molecular weight excluding hydrogens is 429 g/mol. The molecule has 3 N–H and O–H groups in total. The molecule has 0 amide bonds. The van der Waals surface area contributed by atoms with Crippen LogP contribution < -0.4 is 6.15 Å². The Morgan fingerprint density at radius 2 is 0.611 bits per heavy atom. The quantitative estimate of drug-likeness (QED) is 0.335. The van der Waals surface area contributed by atoms with Crippen LogP contribution in [-0.4, -0.2) is 10.2 Å². The van der Waals surface area contributed by atoms with Crippen molar-refractivity contribution < 1.29 is 31.2 Å². The van der Waals surface area contributed by atoms with Gasteiger partial charge in [0.1, 0.15) is 0 Å². The predicted molar refractivity (Wildman–Crippen MR) is 69.9 cm³/mol. The van der Waals surface area contributed by atoms with Crippen LogP contribution in [0.2, 0.25) is 0 Å². The molecule has 0 saturated carbocycles. The van der Waals surface area contributed by atoms with Gasteiger partial charge >= 0.3 is 21.1 Å². The molecule has 0 unspecified atom stereocenters. The van der Waals surface area contributed by atoms with Crippen molar-refractivity contribution in [3.8, 4) is 0 Å². The first-order valence-electron chi connectivity index (χ1n) is 3.92. The summed E-state index contributed by atoms with van der Waals surface area (Å²) in [4.78, 5) is 16.5. The predicted octanol–water partition coefficient (Wildman–Crippen LogP) is 3.04. The van der Waals surface area contributed by atoms with E-state index in [1.54, 1.807) is 27.7 Å². The van der Waals surface area contributed by atoms with Crippen molar-refractivity contribution in [2.45, 2.75) is 27.7 Å². The molecule has 0 aliphatic rings. The summed E-state index contributed by atoms with van der Waals surface area (Å²) in [6.45, 7) is 20.0. The first-order valence-corrected chi connectivity index (χ1v) is 3.92. The summed E-state index contributed by atoms with van der Waals surface area (Å²) < 4.78 is 0. The van der Waals surface area contributed by atoms with Crippen LogP contribution in [0.25, 0.3) is 0 Å². The van der Waals surface area contributed by atoms with Crippen molar-refractivity contribution in [2.24, 2.45) is 0 Å². The molecule has 0 spiro atoms. The van der Waals surface area contributed by atoms with Crippen LogP contribution in [0, 0.1) is 58.3 Å². The molecule has 18 heavy (non-hydrogen) atoms. The van der Waals surface area contributed by atoms with E-state index in [9.17, 15) is 0 Å². The first kappa shape index (κ1) is 53.6. The Hall–Kier alpha value is -0.952. The molecule has 0 aromatic carbocycles. The molecule has 0 aliphatic heterocycles. The summed E-state index contributed by atoms with van der Waals surface area (Å²) in [5.74, 6) is 0. The zero-order valence-electron chi connectivity index (χ0n) is 11.2. The van der Waals surface area contributed by atoms with Crippen LogP contribution in [0.15, 0.2) is 0 Å². The molecule has 10 heteroatoms. The third-order valence-electron chi connectivity index (χ3n) is 0. The van der Waals surface area contributed by atoms with E-state index in [0.717, 1.165) is 0 Å². The van der Waals surface area contributed by atoms with Crippen LogP contribution in [0.3, 0.4) is 0 Å². The Balaban J connectivity index is -0.0000000113. The van der Waals surface area contributed by atoms with Crippen LogP contribution in [0.1, 0.15) is 27.7 Å². The summed E-state index contributed by atoms with van der Waals surface area (Å²) in [5, 5.41) is 29.5. The molecule has 0 aromatic rings. The summed E-state index contributed by atoms with van der Waals surface area (Å²) in [7, 11) is 0. The molecule has 118 valence electrons. The first-order chi connectivity index (χ1) is 7.46. The summed E-state index contributed by atoms with van der Waals surface area (Å²) in [5.41, 5.74) is 0. The van der Waals surface area contributed by atoms with Gasteiger partial charge in [-0.15, -0.1) is 0 Å². The average Bonchev–Trinajstić information content (AvgIpc) is 2.27. The SMILES string of the molecule is N.O=[N+]([O-])[O-].O=[N+]([O-])[O-].[CH2-]C.[CH2-]C.[CH2-]C.[CH2-]C.[Pt+4]. The second kappa shape index (κ2) is 143. The van der Waals surface area contributed by atoms with E-state index in [0.29, 0.717) is 0 Å². The van der Waals surface area contributed by atoms with Crippen molar-refractivity contribution >= 4 is 0 Å². The van der Waals surface area contributed by atoms with Gasteiger partial charge in [0.25, 0.3) is 0 Å². The molecule has 0 bridgehead atoms. The van der Waals surface area contributed by atoms with Crippen LogP contribution in [-0.2, 0) is 21.1 Å². The average molecular weight is 452 g/mol. The largest absolute Gasteiger partial charge is 4.00 e. The van der Waals surface area contributed by atoms with Gasteiger partial charge in [0, 0.05) is 0 Å². The Morgan fingerprint density at radius 1 is 0.611 bits per heavy atom. The molecule has 0 aromatic heterocycles. The van der Waals surface area contributed by atoms with Crippen molar-refractivity contribution in [2.75, 3.05) is 0 Å². The molecule has 9 nitrogen and oxygen atoms in total. The molecular formula is C8H23N3O6Pt-2. The fraction of sp³-hybridized carbons (Fsp3) is 0.500. The Bertz CT molecular complexity index is 88.8. The van der Waals surface area contributed by atoms with Gasteiger partial charge in [-0.3, -0.25) is 0 Å². The molecule has 0 saturated heterocycles. The maximum absolute atomic E-state index is 8.25. The fourth-order valence-corrected chi connectivity index (χ4v) is 0. The van der Waals surface area contributed by atoms with Crippen molar-refractivity contribution in [3.05, 3.63) is 58.3 Å². The van der Waals surface area contributed by atoms with Crippen molar-refractivity contribution in [1.29, 1.82) is 0 Å². The van der Waals surface area contributed by atoms with Gasteiger partial charge in [-0.2, -0.15) is 27.7 Å². The normalized spacial score (nSPS) is 4.00. The molecule has 0 heterocycles. The minimum absolute atomic E-state index is 0. The standard InChI is InChI=1S/4C2H5.2NO3.H3N.Pt/c4*1-2;2*2-1(3)4;;/h4*1H2,2H3;;;1H3;/q6*-1;;+4. The maximum Gasteiger partial charge on any atom is 4.00 e. The van der Waals surface area contributed by atoms with Gasteiger partial charge in [-0.25, -0.2) is 0 Å². The summed E-state index contributed by atoms with van der Waals surface area (Å²) >= 11 is 0. The number of nitrogens with zero attached hydrogens (tertiary/aromatic N) is 2. The van der Waals surface area contributed by atoms with Gasteiger partial charge in [-0.05, 0) is 0 Å². The minimum atomic E-state index is -1.75.